The molecule has 0 aliphatic carbocycles. The monoisotopic (exact) mass is 376 g/mol. The first-order valence-electron chi connectivity index (χ1n) is 7.99. The normalized spacial score (nSPS) is 18.5. The molecular formula is C17H16N2O6S. The van der Waals surface area contributed by atoms with Gasteiger partial charge in [-0.3, -0.25) is 4.79 Å². The second kappa shape index (κ2) is 6.50. The van der Waals surface area contributed by atoms with Gasteiger partial charge in [0.05, 0.1) is 17.1 Å². The van der Waals surface area contributed by atoms with Crippen molar-refractivity contribution in [3.05, 3.63) is 42.5 Å². The van der Waals surface area contributed by atoms with E-state index in [0.717, 1.165) is 0 Å². The van der Waals surface area contributed by atoms with E-state index in [1.54, 1.807) is 30.3 Å². The molecule has 2 aromatic rings. The van der Waals surface area contributed by atoms with Gasteiger partial charge in [0, 0.05) is 6.07 Å². The van der Waals surface area contributed by atoms with E-state index < -0.39 is 22.0 Å². The summed E-state index contributed by atoms with van der Waals surface area (Å²) >= 11 is 0. The van der Waals surface area contributed by atoms with Crippen molar-refractivity contribution < 1.29 is 27.4 Å². The van der Waals surface area contributed by atoms with Crippen LogP contribution in [-0.4, -0.2) is 40.2 Å². The molecule has 2 aliphatic heterocycles. The van der Waals surface area contributed by atoms with Crippen molar-refractivity contribution in [3.63, 3.8) is 0 Å². The minimum atomic E-state index is -3.84. The van der Waals surface area contributed by atoms with Crippen LogP contribution in [0.1, 0.15) is 0 Å². The van der Waals surface area contributed by atoms with Crippen LogP contribution in [0, 0.1) is 0 Å². The van der Waals surface area contributed by atoms with Crippen LogP contribution in [0.3, 0.4) is 0 Å². The van der Waals surface area contributed by atoms with E-state index in [2.05, 4.69) is 10.0 Å². The molecule has 0 saturated carbocycles. The molecule has 1 unspecified atom stereocenters. The standard InChI is InChI=1S/C17H16N2O6S/c20-17-16(25-13-4-2-1-3-12(13)19-17)10-18-26(21,22)11-5-6-14-15(9-11)24-8-7-23-14/h1-6,9,16,18H,7-8,10H2,(H,19,20). The maximum Gasteiger partial charge on any atom is 0.266 e. The number of anilines is 1. The first kappa shape index (κ1) is 16.7. The van der Waals surface area contributed by atoms with Gasteiger partial charge in [-0.1, -0.05) is 12.1 Å². The van der Waals surface area contributed by atoms with E-state index in [1.807, 2.05) is 0 Å². The van der Waals surface area contributed by atoms with Crippen molar-refractivity contribution in [3.8, 4) is 17.2 Å². The molecule has 2 N–H and O–H groups in total. The number of para-hydroxylation sites is 2. The smallest absolute Gasteiger partial charge is 0.266 e. The molecule has 2 aliphatic rings. The highest BCUT2D eigenvalue weighted by atomic mass is 32.2. The van der Waals surface area contributed by atoms with Gasteiger partial charge >= 0.3 is 0 Å². The number of hydrogen-bond acceptors (Lipinski definition) is 6. The Balaban J connectivity index is 1.48. The van der Waals surface area contributed by atoms with Crippen molar-refractivity contribution in [2.45, 2.75) is 11.0 Å². The van der Waals surface area contributed by atoms with Crippen LogP contribution in [0.25, 0.3) is 0 Å². The van der Waals surface area contributed by atoms with Crippen LogP contribution >= 0.6 is 0 Å². The number of nitrogens with one attached hydrogen (secondary N) is 2. The first-order valence-corrected chi connectivity index (χ1v) is 9.47. The number of carbonyl (C=O) groups is 1. The van der Waals surface area contributed by atoms with E-state index >= 15 is 0 Å². The van der Waals surface area contributed by atoms with Crippen molar-refractivity contribution in [1.29, 1.82) is 0 Å². The SMILES string of the molecule is O=C1Nc2ccccc2OC1CNS(=O)(=O)c1ccc2c(c1)OCCO2. The fraction of sp³-hybridized carbons (Fsp3) is 0.235. The molecule has 2 heterocycles. The quantitative estimate of drug-likeness (QED) is 0.829. The zero-order valence-corrected chi connectivity index (χ0v) is 14.4. The topological polar surface area (TPSA) is 103 Å². The molecule has 0 spiro atoms. The highest BCUT2D eigenvalue weighted by Gasteiger charge is 2.29. The van der Waals surface area contributed by atoms with Gasteiger partial charge in [0.2, 0.25) is 10.0 Å². The number of sulfonamides is 1. The molecule has 0 fully saturated rings. The molecule has 0 aromatic heterocycles. The van der Waals surface area contributed by atoms with Crippen LogP contribution in [0.5, 0.6) is 17.2 Å². The van der Waals surface area contributed by atoms with Crippen LogP contribution in [-0.2, 0) is 14.8 Å². The Morgan fingerprint density at radius 2 is 1.81 bits per heavy atom. The highest BCUT2D eigenvalue weighted by Crippen LogP contribution is 2.32. The number of carbonyl (C=O) groups excluding carboxylic acids is 1. The van der Waals surface area contributed by atoms with Gasteiger partial charge in [-0.05, 0) is 24.3 Å². The zero-order valence-electron chi connectivity index (χ0n) is 13.6. The van der Waals surface area contributed by atoms with E-state index in [9.17, 15) is 13.2 Å². The highest BCUT2D eigenvalue weighted by molar-refractivity contribution is 7.89. The van der Waals surface area contributed by atoms with E-state index in [0.29, 0.717) is 36.1 Å². The molecule has 0 radical (unpaired) electrons. The number of benzene rings is 2. The lowest BCUT2D eigenvalue weighted by Gasteiger charge is -2.25. The van der Waals surface area contributed by atoms with Crippen molar-refractivity contribution >= 4 is 21.6 Å². The molecule has 4 rings (SSSR count). The molecule has 136 valence electrons. The molecule has 26 heavy (non-hydrogen) atoms. The van der Waals surface area contributed by atoms with Crippen LogP contribution in [0.4, 0.5) is 5.69 Å². The second-order valence-electron chi connectivity index (χ2n) is 5.75. The molecular weight excluding hydrogens is 360 g/mol. The predicted octanol–water partition coefficient (Wildman–Crippen LogP) is 1.14. The lowest BCUT2D eigenvalue weighted by Crippen LogP contribution is -2.45. The fourth-order valence-corrected chi connectivity index (χ4v) is 3.73. The van der Waals surface area contributed by atoms with Crippen LogP contribution in [0.15, 0.2) is 47.4 Å². The molecule has 0 saturated heterocycles. The Hall–Kier alpha value is -2.78. The molecule has 0 bridgehead atoms. The summed E-state index contributed by atoms with van der Waals surface area (Å²) in [6, 6.07) is 11.3. The Kier molecular flexibility index (Phi) is 4.17. The number of ether oxygens (including phenoxy) is 3. The fourth-order valence-electron chi connectivity index (χ4n) is 2.69. The maximum atomic E-state index is 12.5. The Morgan fingerprint density at radius 1 is 1.04 bits per heavy atom. The molecule has 1 amide bonds. The number of fused-ring (bicyclic) bond motifs is 2. The van der Waals surface area contributed by atoms with E-state index in [4.69, 9.17) is 14.2 Å². The minimum absolute atomic E-state index is 0.0263. The van der Waals surface area contributed by atoms with Crippen molar-refractivity contribution in [1.82, 2.24) is 4.72 Å². The molecule has 1 atom stereocenters. The summed E-state index contributed by atoms with van der Waals surface area (Å²) in [5.41, 5.74) is 0.559. The zero-order chi connectivity index (χ0) is 18.1. The van der Waals surface area contributed by atoms with Gasteiger partial charge in [0.25, 0.3) is 5.91 Å². The lowest BCUT2D eigenvalue weighted by molar-refractivity contribution is -0.123. The maximum absolute atomic E-state index is 12.5. The van der Waals surface area contributed by atoms with Crippen LogP contribution in [0.2, 0.25) is 0 Å². The summed E-state index contributed by atoms with van der Waals surface area (Å²) in [6.07, 6.45) is -0.961. The molecule has 2 aromatic carbocycles. The first-order chi connectivity index (χ1) is 12.5. The summed E-state index contributed by atoms with van der Waals surface area (Å²) in [5, 5.41) is 2.69. The van der Waals surface area contributed by atoms with Gasteiger partial charge in [0.1, 0.15) is 19.0 Å². The molecule has 8 nitrogen and oxygen atoms in total. The largest absolute Gasteiger partial charge is 0.486 e. The Labute approximate surface area is 150 Å². The average Bonchev–Trinajstić information content (AvgIpc) is 2.66. The predicted molar refractivity (Wildman–Crippen MR) is 92.1 cm³/mol. The lowest BCUT2D eigenvalue weighted by atomic mass is 10.2. The number of rotatable bonds is 4. The summed E-state index contributed by atoms with van der Waals surface area (Å²) < 4.78 is 43.8. The van der Waals surface area contributed by atoms with Gasteiger partial charge in [-0.25, -0.2) is 13.1 Å². The Bertz CT molecular complexity index is 959. The third kappa shape index (κ3) is 3.18. The van der Waals surface area contributed by atoms with Gasteiger partial charge in [0.15, 0.2) is 17.6 Å². The summed E-state index contributed by atoms with van der Waals surface area (Å²) in [7, 11) is -3.84. The van der Waals surface area contributed by atoms with Crippen LogP contribution < -0.4 is 24.2 Å². The van der Waals surface area contributed by atoms with Gasteiger partial charge in [-0.15, -0.1) is 0 Å². The third-order valence-electron chi connectivity index (χ3n) is 3.99. The third-order valence-corrected chi connectivity index (χ3v) is 5.41. The van der Waals surface area contributed by atoms with Crippen molar-refractivity contribution in [2.24, 2.45) is 0 Å². The van der Waals surface area contributed by atoms with E-state index in [-0.39, 0.29) is 11.4 Å². The molecule has 9 heteroatoms. The number of hydrogen-bond donors (Lipinski definition) is 2. The van der Waals surface area contributed by atoms with Crippen molar-refractivity contribution in [2.75, 3.05) is 25.1 Å². The average molecular weight is 376 g/mol. The summed E-state index contributed by atoms with van der Waals surface area (Å²) in [5.74, 6) is 0.964. The second-order valence-corrected chi connectivity index (χ2v) is 7.52. The van der Waals surface area contributed by atoms with Gasteiger partial charge in [-0.2, -0.15) is 0 Å². The number of amides is 1. The van der Waals surface area contributed by atoms with Gasteiger partial charge < -0.3 is 19.5 Å². The minimum Gasteiger partial charge on any atom is -0.486 e. The Morgan fingerprint density at radius 3 is 2.65 bits per heavy atom. The van der Waals surface area contributed by atoms with E-state index in [1.165, 1.54) is 12.1 Å². The summed E-state index contributed by atoms with van der Waals surface area (Å²) in [6.45, 7) is 0.587. The summed E-state index contributed by atoms with van der Waals surface area (Å²) in [4.78, 5) is 12.1.